The van der Waals surface area contributed by atoms with Crippen LogP contribution in [0, 0.1) is 0 Å². The van der Waals surface area contributed by atoms with Crippen molar-refractivity contribution in [3.05, 3.63) is 46.5 Å². The first-order valence-corrected chi connectivity index (χ1v) is 10.1. The Morgan fingerprint density at radius 1 is 1.03 bits per heavy atom. The first kappa shape index (κ1) is 21.6. The van der Waals surface area contributed by atoms with Gasteiger partial charge in [0.1, 0.15) is 0 Å². The van der Waals surface area contributed by atoms with Crippen molar-refractivity contribution in [1.29, 1.82) is 0 Å². The summed E-state index contributed by atoms with van der Waals surface area (Å²) in [5, 5.41) is 2.81. The van der Waals surface area contributed by atoms with Crippen molar-refractivity contribution < 1.29 is 32.2 Å². The van der Waals surface area contributed by atoms with Crippen LogP contribution in [0.1, 0.15) is 22.3 Å². The van der Waals surface area contributed by atoms with Gasteiger partial charge in [0.05, 0.1) is 48.4 Å². The van der Waals surface area contributed by atoms with Gasteiger partial charge in [-0.3, -0.25) is 4.79 Å². The molecule has 2 heterocycles. The highest BCUT2D eigenvalue weighted by atomic mass is 35.5. The molecule has 2 aromatic carbocycles. The molecule has 2 aromatic rings. The minimum absolute atomic E-state index is 0.0601. The van der Waals surface area contributed by atoms with E-state index in [-0.39, 0.29) is 16.3 Å². The van der Waals surface area contributed by atoms with E-state index in [0.717, 1.165) is 12.1 Å². The second-order valence-corrected chi connectivity index (χ2v) is 7.53. The molecule has 2 aliphatic rings. The lowest BCUT2D eigenvalue weighted by Gasteiger charge is -2.31. The van der Waals surface area contributed by atoms with Crippen LogP contribution >= 0.6 is 11.6 Å². The van der Waals surface area contributed by atoms with Crippen LogP contribution in [-0.2, 0) is 10.9 Å². The lowest BCUT2D eigenvalue weighted by atomic mass is 10.1. The quantitative estimate of drug-likeness (QED) is 0.731. The lowest BCUT2D eigenvalue weighted by Crippen LogP contribution is -2.36. The van der Waals surface area contributed by atoms with E-state index in [4.69, 9.17) is 25.8 Å². The van der Waals surface area contributed by atoms with Crippen molar-refractivity contribution in [3.63, 3.8) is 0 Å². The Morgan fingerprint density at radius 3 is 2.52 bits per heavy atom. The molecule has 10 heteroatoms. The number of alkyl halides is 3. The highest BCUT2D eigenvalue weighted by Gasteiger charge is 2.32. The van der Waals surface area contributed by atoms with E-state index in [0.29, 0.717) is 63.1 Å². The Balaban J connectivity index is 1.66. The van der Waals surface area contributed by atoms with Crippen molar-refractivity contribution in [1.82, 2.24) is 0 Å². The zero-order valence-electron chi connectivity index (χ0n) is 16.4. The molecule has 6 nitrogen and oxygen atoms in total. The van der Waals surface area contributed by atoms with Gasteiger partial charge >= 0.3 is 6.18 Å². The average molecular weight is 457 g/mol. The molecule has 166 valence electrons. The number of rotatable bonds is 3. The molecule has 1 amide bonds. The topological polar surface area (TPSA) is 60.0 Å². The van der Waals surface area contributed by atoms with Crippen molar-refractivity contribution in [3.8, 4) is 11.5 Å². The molecule has 0 saturated carbocycles. The zero-order valence-corrected chi connectivity index (χ0v) is 17.2. The van der Waals surface area contributed by atoms with E-state index >= 15 is 0 Å². The molecular formula is C21H20ClF3N2O4. The summed E-state index contributed by atoms with van der Waals surface area (Å²) in [5.74, 6) is 0.0720. The SMILES string of the molecule is O=C(Nc1cc(C(F)(F)F)ccc1N1CCOCC1)c1cc(Cl)c2c(c1)OCCCO2. The minimum Gasteiger partial charge on any atom is -0.489 e. The normalized spacial score (nSPS) is 16.6. The number of carbonyl (C=O) groups is 1. The van der Waals surface area contributed by atoms with Crippen molar-refractivity contribution in [2.45, 2.75) is 12.6 Å². The van der Waals surface area contributed by atoms with Gasteiger partial charge in [0, 0.05) is 25.1 Å². The van der Waals surface area contributed by atoms with Gasteiger partial charge in [-0.1, -0.05) is 11.6 Å². The fourth-order valence-corrected chi connectivity index (χ4v) is 3.71. The number of amides is 1. The van der Waals surface area contributed by atoms with Crippen molar-refractivity contribution in [2.24, 2.45) is 0 Å². The maximum atomic E-state index is 13.3. The number of fused-ring (bicyclic) bond motifs is 1. The number of nitrogens with zero attached hydrogens (tertiary/aromatic N) is 1. The first-order valence-electron chi connectivity index (χ1n) is 9.77. The molecule has 0 aromatic heterocycles. The number of morpholine rings is 1. The molecule has 1 N–H and O–H groups in total. The Bertz CT molecular complexity index is 978. The number of anilines is 2. The van der Waals surface area contributed by atoms with Crippen molar-refractivity contribution >= 4 is 28.9 Å². The number of hydrogen-bond donors (Lipinski definition) is 1. The summed E-state index contributed by atoms with van der Waals surface area (Å²) >= 11 is 6.25. The minimum atomic E-state index is -4.54. The third kappa shape index (κ3) is 4.83. The van der Waals surface area contributed by atoms with Crippen LogP contribution in [0.4, 0.5) is 24.5 Å². The number of benzene rings is 2. The van der Waals surface area contributed by atoms with Crippen LogP contribution in [0.2, 0.25) is 5.02 Å². The molecule has 0 radical (unpaired) electrons. The molecule has 0 bridgehead atoms. The predicted molar refractivity (Wildman–Crippen MR) is 109 cm³/mol. The summed E-state index contributed by atoms with van der Waals surface area (Å²) in [5.41, 5.74) is -0.147. The monoisotopic (exact) mass is 456 g/mol. The molecule has 2 aliphatic heterocycles. The highest BCUT2D eigenvalue weighted by Crippen LogP contribution is 2.39. The van der Waals surface area contributed by atoms with E-state index in [2.05, 4.69) is 5.32 Å². The highest BCUT2D eigenvalue weighted by molar-refractivity contribution is 6.32. The Hall–Kier alpha value is -2.65. The van der Waals surface area contributed by atoms with Crippen LogP contribution in [0.3, 0.4) is 0 Å². The number of nitrogens with one attached hydrogen (secondary N) is 1. The van der Waals surface area contributed by atoms with Gasteiger partial charge in [-0.05, 0) is 30.3 Å². The van der Waals surface area contributed by atoms with Crippen LogP contribution < -0.4 is 19.7 Å². The number of carbonyl (C=O) groups excluding carboxylic acids is 1. The van der Waals surface area contributed by atoms with Crippen LogP contribution in [0.25, 0.3) is 0 Å². The van der Waals surface area contributed by atoms with E-state index in [1.165, 1.54) is 18.2 Å². The molecule has 0 spiro atoms. The summed E-state index contributed by atoms with van der Waals surface area (Å²) in [7, 11) is 0. The summed E-state index contributed by atoms with van der Waals surface area (Å²) in [6.45, 7) is 2.75. The summed E-state index contributed by atoms with van der Waals surface area (Å²) in [6.07, 6.45) is -3.87. The van der Waals surface area contributed by atoms with E-state index < -0.39 is 17.6 Å². The Labute approximate surface area is 181 Å². The second-order valence-electron chi connectivity index (χ2n) is 7.12. The molecule has 1 saturated heterocycles. The first-order chi connectivity index (χ1) is 14.8. The predicted octanol–water partition coefficient (Wildman–Crippen LogP) is 4.61. The average Bonchev–Trinajstić information content (AvgIpc) is 2.99. The van der Waals surface area contributed by atoms with Gasteiger partial charge in [-0.2, -0.15) is 13.2 Å². The second kappa shape index (κ2) is 8.84. The molecule has 0 aliphatic carbocycles. The molecule has 0 atom stereocenters. The lowest BCUT2D eigenvalue weighted by molar-refractivity contribution is -0.137. The molecular weight excluding hydrogens is 437 g/mol. The fraction of sp³-hybridized carbons (Fsp3) is 0.381. The summed E-state index contributed by atoms with van der Waals surface area (Å²) in [4.78, 5) is 14.8. The van der Waals surface area contributed by atoms with Gasteiger partial charge in [0.15, 0.2) is 11.5 Å². The summed E-state index contributed by atoms with van der Waals surface area (Å²) in [6, 6.07) is 6.19. The largest absolute Gasteiger partial charge is 0.489 e. The maximum Gasteiger partial charge on any atom is 0.416 e. The third-order valence-corrected chi connectivity index (χ3v) is 5.27. The molecule has 4 rings (SSSR count). The fourth-order valence-electron chi connectivity index (χ4n) is 3.45. The van der Waals surface area contributed by atoms with Gasteiger partial charge in [-0.15, -0.1) is 0 Å². The smallest absolute Gasteiger partial charge is 0.416 e. The van der Waals surface area contributed by atoms with Gasteiger partial charge in [0.25, 0.3) is 5.91 Å². The Kier molecular flexibility index (Phi) is 6.15. The van der Waals surface area contributed by atoms with E-state index in [1.54, 1.807) is 0 Å². The van der Waals surface area contributed by atoms with Crippen LogP contribution in [0.5, 0.6) is 11.5 Å². The maximum absolute atomic E-state index is 13.3. The molecule has 31 heavy (non-hydrogen) atoms. The third-order valence-electron chi connectivity index (χ3n) is 4.99. The van der Waals surface area contributed by atoms with Gasteiger partial charge in [0.2, 0.25) is 0 Å². The number of ether oxygens (including phenoxy) is 3. The van der Waals surface area contributed by atoms with E-state index in [1.807, 2.05) is 4.90 Å². The van der Waals surface area contributed by atoms with Crippen molar-refractivity contribution in [2.75, 3.05) is 49.7 Å². The molecule has 1 fully saturated rings. The summed E-state index contributed by atoms with van der Waals surface area (Å²) < 4.78 is 56.3. The molecule has 0 unspecified atom stereocenters. The number of hydrogen-bond acceptors (Lipinski definition) is 5. The van der Waals surface area contributed by atoms with Crippen LogP contribution in [-0.4, -0.2) is 45.4 Å². The van der Waals surface area contributed by atoms with Gasteiger partial charge in [-0.25, -0.2) is 0 Å². The van der Waals surface area contributed by atoms with Gasteiger partial charge < -0.3 is 24.4 Å². The Morgan fingerprint density at radius 2 is 1.77 bits per heavy atom. The zero-order chi connectivity index (χ0) is 22.0. The van der Waals surface area contributed by atoms with E-state index in [9.17, 15) is 18.0 Å². The van der Waals surface area contributed by atoms with Crippen LogP contribution in [0.15, 0.2) is 30.3 Å². The number of halogens is 4. The standard InChI is InChI=1S/C21H20ClF3N2O4/c22-15-10-13(11-18-19(15)31-7-1-6-30-18)20(28)26-16-12-14(21(23,24)25)2-3-17(16)27-4-8-29-9-5-27/h2-3,10-12H,1,4-9H2,(H,26,28).